The topological polar surface area (TPSA) is 0 Å². The molecule has 3 aromatic carbocycles. The van der Waals surface area contributed by atoms with E-state index in [-0.39, 0.29) is 10.8 Å². The molecule has 6 heteroatoms. The van der Waals surface area contributed by atoms with E-state index in [0.29, 0.717) is 10.8 Å². The molecule has 0 fully saturated rings. The highest BCUT2D eigenvalue weighted by molar-refractivity contribution is 6.07. The molecule has 0 nitrogen and oxygen atoms in total. The summed E-state index contributed by atoms with van der Waals surface area (Å²) in [6, 6.07) is 9.31. The van der Waals surface area contributed by atoms with Crippen molar-refractivity contribution < 1.29 is 26.3 Å². The fraction of sp³-hybridized carbons (Fsp3) is 0.125. The summed E-state index contributed by atoms with van der Waals surface area (Å²) in [4.78, 5) is 0. The normalized spacial score (nSPS) is 13.0. The smallest absolute Gasteiger partial charge is 0.166 e. The van der Waals surface area contributed by atoms with Gasteiger partial charge in [0.25, 0.3) is 0 Å². The van der Waals surface area contributed by atoms with Crippen molar-refractivity contribution >= 4 is 21.5 Å². The predicted octanol–water partition coefficient (Wildman–Crippen LogP) is 6.03. The van der Waals surface area contributed by atoms with E-state index >= 15 is 0 Å². The first-order chi connectivity index (χ1) is 10.2. The number of fused-ring (bicyclic) bond motifs is 3. The molecule has 0 N–H and O–H groups in total. The van der Waals surface area contributed by atoms with Gasteiger partial charge in [-0.05, 0) is 45.8 Å². The molecule has 3 aromatic rings. The Morgan fingerprint density at radius 2 is 0.818 bits per heavy atom. The number of rotatable bonds is 0. The molecule has 0 spiro atoms. The minimum absolute atomic E-state index is 0.151. The summed E-state index contributed by atoms with van der Waals surface area (Å²) in [7, 11) is 0. The Morgan fingerprint density at radius 3 is 1.14 bits per heavy atom. The fourth-order valence-electron chi connectivity index (χ4n) is 2.40. The molecule has 0 radical (unpaired) electrons. The molecule has 0 aliphatic rings. The van der Waals surface area contributed by atoms with Crippen molar-refractivity contribution in [2.75, 3.05) is 0 Å². The molecule has 0 bridgehead atoms. The van der Waals surface area contributed by atoms with Crippen LogP contribution in [-0.4, -0.2) is 0 Å². The average molecular weight is 314 g/mol. The second-order valence-electron chi connectivity index (χ2n) is 4.93. The third-order valence-corrected chi connectivity index (χ3v) is 3.49. The predicted molar refractivity (Wildman–Crippen MR) is 71.5 cm³/mol. The van der Waals surface area contributed by atoms with Gasteiger partial charge in [-0.25, -0.2) is 0 Å². The summed E-state index contributed by atoms with van der Waals surface area (Å²) in [5.41, 5.74) is -1.77. The van der Waals surface area contributed by atoms with Crippen LogP contribution in [0, 0.1) is 0 Å². The molecule has 0 heterocycles. The lowest BCUT2D eigenvalue weighted by Gasteiger charge is -2.12. The molecule has 0 saturated carbocycles. The maximum Gasteiger partial charge on any atom is 0.416 e. The zero-order valence-corrected chi connectivity index (χ0v) is 10.9. The van der Waals surface area contributed by atoms with E-state index < -0.39 is 23.5 Å². The molecule has 0 aliphatic heterocycles. The molecule has 114 valence electrons. The summed E-state index contributed by atoms with van der Waals surface area (Å²) >= 11 is 0. The van der Waals surface area contributed by atoms with Crippen molar-refractivity contribution in [3.8, 4) is 0 Å². The van der Waals surface area contributed by atoms with Crippen molar-refractivity contribution in [1.82, 2.24) is 0 Å². The van der Waals surface area contributed by atoms with Crippen LogP contribution in [0.4, 0.5) is 26.3 Å². The summed E-state index contributed by atoms with van der Waals surface area (Å²) in [5, 5.41) is 1.22. The van der Waals surface area contributed by atoms with Crippen LogP contribution in [-0.2, 0) is 12.4 Å². The van der Waals surface area contributed by atoms with Gasteiger partial charge < -0.3 is 0 Å². The Morgan fingerprint density at radius 1 is 0.500 bits per heavy atom. The van der Waals surface area contributed by atoms with Gasteiger partial charge in [-0.2, -0.15) is 26.3 Å². The molecule has 0 amide bonds. The van der Waals surface area contributed by atoms with Crippen molar-refractivity contribution in [3.05, 3.63) is 59.7 Å². The first kappa shape index (κ1) is 14.7. The highest BCUT2D eigenvalue weighted by Crippen LogP contribution is 2.36. The largest absolute Gasteiger partial charge is 0.416 e. The van der Waals surface area contributed by atoms with E-state index in [1.165, 1.54) is 12.1 Å². The standard InChI is InChI=1S/C16H8F6/c17-15(18,19)11-5-3-9-1-2-10-4-6-12(16(20,21)22)8-14(10)13(9)7-11/h1-8H. The van der Waals surface area contributed by atoms with Gasteiger partial charge in [0.05, 0.1) is 11.1 Å². The van der Waals surface area contributed by atoms with E-state index in [0.717, 1.165) is 24.3 Å². The van der Waals surface area contributed by atoms with Gasteiger partial charge in [-0.1, -0.05) is 24.3 Å². The Kier molecular flexibility index (Phi) is 3.09. The third kappa shape index (κ3) is 2.49. The molecule has 22 heavy (non-hydrogen) atoms. The van der Waals surface area contributed by atoms with Gasteiger partial charge in [0.1, 0.15) is 0 Å². The fourth-order valence-corrected chi connectivity index (χ4v) is 2.40. The minimum atomic E-state index is -4.54. The van der Waals surface area contributed by atoms with Crippen LogP contribution in [0.2, 0.25) is 0 Å². The molecule has 0 unspecified atom stereocenters. The van der Waals surface area contributed by atoms with Crippen LogP contribution in [0.5, 0.6) is 0 Å². The zero-order valence-electron chi connectivity index (χ0n) is 10.9. The molecule has 0 aromatic heterocycles. The first-order valence-corrected chi connectivity index (χ1v) is 6.27. The molecular formula is C16H8F6. The number of hydrogen-bond acceptors (Lipinski definition) is 0. The number of hydrogen-bond donors (Lipinski definition) is 0. The van der Waals surface area contributed by atoms with Crippen LogP contribution in [0.25, 0.3) is 21.5 Å². The Bertz CT molecular complexity index is 785. The number of halogens is 6. The molecule has 0 aliphatic carbocycles. The van der Waals surface area contributed by atoms with Crippen LogP contribution in [0.3, 0.4) is 0 Å². The third-order valence-electron chi connectivity index (χ3n) is 3.49. The first-order valence-electron chi connectivity index (χ1n) is 6.27. The summed E-state index contributed by atoms with van der Waals surface area (Å²) in [5.74, 6) is 0. The van der Waals surface area contributed by atoms with Crippen LogP contribution < -0.4 is 0 Å². The van der Waals surface area contributed by atoms with Gasteiger partial charge in [0, 0.05) is 0 Å². The molecule has 0 saturated heterocycles. The second-order valence-corrected chi connectivity index (χ2v) is 4.93. The lowest BCUT2D eigenvalue weighted by atomic mass is 9.98. The van der Waals surface area contributed by atoms with Crippen molar-refractivity contribution in [1.29, 1.82) is 0 Å². The van der Waals surface area contributed by atoms with Gasteiger partial charge in [0.2, 0.25) is 0 Å². The van der Waals surface area contributed by atoms with E-state index in [9.17, 15) is 26.3 Å². The zero-order chi connectivity index (χ0) is 16.1. The summed E-state index contributed by atoms with van der Waals surface area (Å²) < 4.78 is 76.8. The molecule has 3 rings (SSSR count). The van der Waals surface area contributed by atoms with E-state index in [4.69, 9.17) is 0 Å². The van der Waals surface area contributed by atoms with Crippen LogP contribution in [0.1, 0.15) is 11.1 Å². The summed E-state index contributed by atoms with van der Waals surface area (Å²) in [6.45, 7) is 0. The SMILES string of the molecule is FC(F)(F)c1ccc2ccc3ccc(C(F)(F)F)cc3c2c1. The average Bonchev–Trinajstić information content (AvgIpc) is 2.44. The maximum absolute atomic E-state index is 12.8. The highest BCUT2D eigenvalue weighted by atomic mass is 19.4. The Labute approximate surface area is 121 Å². The molecule has 0 atom stereocenters. The number of alkyl halides is 6. The van der Waals surface area contributed by atoms with Crippen molar-refractivity contribution in [3.63, 3.8) is 0 Å². The van der Waals surface area contributed by atoms with E-state index in [1.807, 2.05) is 0 Å². The van der Waals surface area contributed by atoms with Gasteiger partial charge in [-0.3, -0.25) is 0 Å². The molecular weight excluding hydrogens is 306 g/mol. The maximum atomic E-state index is 12.8. The number of benzene rings is 3. The second kappa shape index (κ2) is 4.63. The quantitative estimate of drug-likeness (QED) is 0.351. The van der Waals surface area contributed by atoms with E-state index in [1.54, 1.807) is 12.1 Å². The lowest BCUT2D eigenvalue weighted by Crippen LogP contribution is -2.05. The summed E-state index contributed by atoms with van der Waals surface area (Å²) in [6.07, 6.45) is -9.09. The lowest BCUT2D eigenvalue weighted by molar-refractivity contribution is -0.138. The van der Waals surface area contributed by atoms with Crippen LogP contribution >= 0.6 is 0 Å². The van der Waals surface area contributed by atoms with Crippen LogP contribution in [0.15, 0.2) is 48.5 Å². The Balaban J connectivity index is 2.36. The van der Waals surface area contributed by atoms with Gasteiger partial charge in [-0.15, -0.1) is 0 Å². The van der Waals surface area contributed by atoms with Gasteiger partial charge in [0.15, 0.2) is 0 Å². The van der Waals surface area contributed by atoms with E-state index in [2.05, 4.69) is 0 Å². The minimum Gasteiger partial charge on any atom is -0.166 e. The monoisotopic (exact) mass is 314 g/mol. The Hall–Kier alpha value is -2.24. The van der Waals surface area contributed by atoms with Crippen molar-refractivity contribution in [2.24, 2.45) is 0 Å². The van der Waals surface area contributed by atoms with Gasteiger partial charge >= 0.3 is 12.4 Å². The van der Waals surface area contributed by atoms with Crippen molar-refractivity contribution in [2.45, 2.75) is 12.4 Å². The highest BCUT2D eigenvalue weighted by Gasteiger charge is 2.32.